The summed E-state index contributed by atoms with van der Waals surface area (Å²) in [5.74, 6) is -0.618. The molecular weight excluding hydrogens is 220 g/mol. The predicted molar refractivity (Wildman–Crippen MR) is 64.7 cm³/mol. The van der Waals surface area contributed by atoms with Crippen molar-refractivity contribution < 1.29 is 14.7 Å². The zero-order valence-corrected chi connectivity index (χ0v) is 10.9. The normalized spacial score (nSPS) is 23.0. The minimum Gasteiger partial charge on any atom is -0.480 e. The molecule has 0 aliphatic heterocycles. The largest absolute Gasteiger partial charge is 0.480 e. The van der Waals surface area contributed by atoms with E-state index in [1.165, 1.54) is 0 Å². The molecule has 0 radical (unpaired) electrons. The van der Waals surface area contributed by atoms with E-state index < -0.39 is 18.0 Å². The monoisotopic (exact) mass is 242 g/mol. The van der Waals surface area contributed by atoms with Crippen LogP contribution in [0.15, 0.2) is 0 Å². The van der Waals surface area contributed by atoms with Crippen molar-refractivity contribution in [1.82, 2.24) is 10.6 Å². The summed E-state index contributed by atoms with van der Waals surface area (Å²) in [6.45, 7) is 8.46. The molecule has 5 heteroatoms. The van der Waals surface area contributed by atoms with E-state index in [1.807, 2.05) is 0 Å². The Bertz CT molecular complexity index is 313. The lowest BCUT2D eigenvalue weighted by Gasteiger charge is -2.18. The van der Waals surface area contributed by atoms with E-state index >= 15 is 0 Å². The number of hydrogen-bond acceptors (Lipinski definition) is 2. The van der Waals surface area contributed by atoms with Gasteiger partial charge in [-0.15, -0.1) is 0 Å². The predicted octanol–water partition coefficient (Wildman–Crippen LogP) is 1.44. The number of carboxylic acid groups (broad SMARTS) is 1. The highest BCUT2D eigenvalue weighted by Gasteiger charge is 2.45. The molecule has 1 aliphatic rings. The zero-order chi connectivity index (χ0) is 13.2. The number of hydrogen-bond donors (Lipinski definition) is 3. The Morgan fingerprint density at radius 1 is 1.41 bits per heavy atom. The van der Waals surface area contributed by atoms with Crippen molar-refractivity contribution in [2.75, 3.05) is 6.54 Å². The maximum absolute atomic E-state index is 11.5. The van der Waals surface area contributed by atoms with Crippen LogP contribution >= 0.6 is 0 Å². The molecule has 2 amide bonds. The molecule has 1 fully saturated rings. The van der Waals surface area contributed by atoms with Crippen molar-refractivity contribution in [3.05, 3.63) is 0 Å². The van der Waals surface area contributed by atoms with E-state index in [-0.39, 0.29) is 5.92 Å². The van der Waals surface area contributed by atoms with Gasteiger partial charge in [0.25, 0.3) is 0 Å². The third-order valence-corrected chi connectivity index (χ3v) is 3.45. The van der Waals surface area contributed by atoms with Gasteiger partial charge in [-0.25, -0.2) is 9.59 Å². The maximum Gasteiger partial charge on any atom is 0.326 e. The molecule has 0 spiro atoms. The van der Waals surface area contributed by atoms with E-state index in [0.717, 1.165) is 6.42 Å². The summed E-state index contributed by atoms with van der Waals surface area (Å²) in [5, 5.41) is 14.1. The summed E-state index contributed by atoms with van der Waals surface area (Å²) in [7, 11) is 0. The van der Waals surface area contributed by atoms with Gasteiger partial charge in [0.1, 0.15) is 6.04 Å². The van der Waals surface area contributed by atoms with Gasteiger partial charge >= 0.3 is 12.0 Å². The number of rotatable bonds is 5. The van der Waals surface area contributed by atoms with E-state index in [2.05, 4.69) is 24.5 Å². The standard InChI is InChI=1S/C12H22N2O3/c1-7(2)9(10(15)16)14-11(17)13-6-8-5-12(8,3)4/h7-9H,5-6H2,1-4H3,(H,15,16)(H2,13,14,17)/t8?,9-/m1/s1. The second-order valence-electron chi connectivity index (χ2n) is 5.80. The fourth-order valence-corrected chi connectivity index (χ4v) is 1.85. The Labute approximate surface area is 102 Å². The molecule has 1 saturated carbocycles. The van der Waals surface area contributed by atoms with Gasteiger partial charge in [0.15, 0.2) is 0 Å². The maximum atomic E-state index is 11.5. The number of nitrogens with one attached hydrogen (secondary N) is 2. The van der Waals surface area contributed by atoms with Crippen LogP contribution in [0.3, 0.4) is 0 Å². The highest BCUT2D eigenvalue weighted by Crippen LogP contribution is 2.50. The smallest absolute Gasteiger partial charge is 0.326 e. The number of amides is 2. The van der Waals surface area contributed by atoms with Crippen LogP contribution in [-0.2, 0) is 4.79 Å². The Kier molecular flexibility index (Phi) is 4.01. The van der Waals surface area contributed by atoms with Crippen LogP contribution in [0.25, 0.3) is 0 Å². The second-order valence-corrected chi connectivity index (χ2v) is 5.80. The van der Waals surface area contributed by atoms with Crippen LogP contribution in [-0.4, -0.2) is 29.7 Å². The minimum atomic E-state index is -0.998. The average Bonchev–Trinajstić information content (AvgIpc) is 2.79. The quantitative estimate of drug-likeness (QED) is 0.682. The van der Waals surface area contributed by atoms with Gasteiger partial charge in [-0.2, -0.15) is 0 Å². The van der Waals surface area contributed by atoms with Gasteiger partial charge in [-0.3, -0.25) is 0 Å². The van der Waals surface area contributed by atoms with Crippen LogP contribution < -0.4 is 10.6 Å². The molecule has 98 valence electrons. The molecule has 3 N–H and O–H groups in total. The minimum absolute atomic E-state index is 0.129. The fraction of sp³-hybridized carbons (Fsp3) is 0.833. The average molecular weight is 242 g/mol. The van der Waals surface area contributed by atoms with Crippen LogP contribution in [0.1, 0.15) is 34.1 Å². The lowest BCUT2D eigenvalue weighted by molar-refractivity contribution is -0.140. The Morgan fingerprint density at radius 3 is 2.29 bits per heavy atom. The first-order chi connectivity index (χ1) is 7.74. The van der Waals surface area contributed by atoms with Crippen LogP contribution in [0.5, 0.6) is 0 Å². The number of carbonyl (C=O) groups is 2. The van der Waals surface area contributed by atoms with Gasteiger partial charge in [0.2, 0.25) is 0 Å². The molecule has 1 unspecified atom stereocenters. The van der Waals surface area contributed by atoms with E-state index in [1.54, 1.807) is 13.8 Å². The molecule has 17 heavy (non-hydrogen) atoms. The molecular formula is C12H22N2O3. The first kappa shape index (κ1) is 13.8. The zero-order valence-electron chi connectivity index (χ0n) is 10.9. The highest BCUT2D eigenvalue weighted by molar-refractivity contribution is 5.82. The molecule has 1 rings (SSSR count). The SMILES string of the molecule is CC(C)[C@@H](NC(=O)NCC1CC1(C)C)C(=O)O. The summed E-state index contributed by atoms with van der Waals surface area (Å²) in [6, 6.07) is -1.23. The second kappa shape index (κ2) is 4.94. The van der Waals surface area contributed by atoms with Gasteiger partial charge in [-0.1, -0.05) is 27.7 Å². The molecule has 0 heterocycles. The van der Waals surface area contributed by atoms with E-state index in [0.29, 0.717) is 17.9 Å². The van der Waals surface area contributed by atoms with Gasteiger partial charge < -0.3 is 15.7 Å². The molecule has 2 atom stereocenters. The summed E-state index contributed by atoms with van der Waals surface area (Å²) >= 11 is 0. The highest BCUT2D eigenvalue weighted by atomic mass is 16.4. The van der Waals surface area contributed by atoms with E-state index in [4.69, 9.17) is 5.11 Å². The van der Waals surface area contributed by atoms with Crippen molar-refractivity contribution in [3.63, 3.8) is 0 Å². The molecule has 0 aromatic rings. The topological polar surface area (TPSA) is 78.4 Å². The molecule has 0 aromatic heterocycles. The summed E-state index contributed by atoms with van der Waals surface area (Å²) in [4.78, 5) is 22.4. The number of carbonyl (C=O) groups excluding carboxylic acids is 1. The van der Waals surface area contributed by atoms with Gasteiger partial charge in [-0.05, 0) is 23.7 Å². The summed E-state index contributed by atoms with van der Waals surface area (Å²) < 4.78 is 0. The first-order valence-electron chi connectivity index (χ1n) is 6.01. The van der Waals surface area contributed by atoms with Gasteiger partial charge in [0.05, 0.1) is 0 Å². The number of carboxylic acids is 1. The van der Waals surface area contributed by atoms with Crippen LogP contribution in [0, 0.1) is 17.3 Å². The third kappa shape index (κ3) is 3.91. The van der Waals surface area contributed by atoms with Crippen LogP contribution in [0.2, 0.25) is 0 Å². The Morgan fingerprint density at radius 2 is 1.94 bits per heavy atom. The molecule has 0 aromatic carbocycles. The van der Waals surface area contributed by atoms with Crippen LogP contribution in [0.4, 0.5) is 4.79 Å². The Hall–Kier alpha value is -1.26. The van der Waals surface area contributed by atoms with Crippen molar-refractivity contribution in [2.45, 2.75) is 40.2 Å². The first-order valence-corrected chi connectivity index (χ1v) is 6.01. The van der Waals surface area contributed by atoms with E-state index in [9.17, 15) is 9.59 Å². The van der Waals surface area contributed by atoms with Crippen molar-refractivity contribution in [3.8, 4) is 0 Å². The number of aliphatic carboxylic acids is 1. The van der Waals surface area contributed by atoms with Crippen molar-refractivity contribution in [2.24, 2.45) is 17.3 Å². The summed E-state index contributed by atoms with van der Waals surface area (Å²) in [5.41, 5.74) is 0.317. The molecule has 0 bridgehead atoms. The number of urea groups is 1. The van der Waals surface area contributed by atoms with Crippen molar-refractivity contribution >= 4 is 12.0 Å². The molecule has 5 nitrogen and oxygen atoms in total. The fourth-order valence-electron chi connectivity index (χ4n) is 1.85. The Balaban J connectivity index is 2.31. The third-order valence-electron chi connectivity index (χ3n) is 3.45. The lowest BCUT2D eigenvalue weighted by atomic mass is 10.1. The van der Waals surface area contributed by atoms with Crippen molar-refractivity contribution in [1.29, 1.82) is 0 Å². The molecule has 1 aliphatic carbocycles. The molecule has 0 saturated heterocycles. The summed E-state index contributed by atoms with van der Waals surface area (Å²) in [6.07, 6.45) is 1.11. The lowest BCUT2D eigenvalue weighted by Crippen LogP contribution is -2.49. The van der Waals surface area contributed by atoms with Gasteiger partial charge in [0, 0.05) is 6.54 Å².